The maximum absolute atomic E-state index is 12.1. The third-order valence-corrected chi connectivity index (χ3v) is 2.81. The van der Waals surface area contributed by atoms with Crippen LogP contribution < -0.4 is 0 Å². The van der Waals surface area contributed by atoms with Gasteiger partial charge in [0.15, 0.2) is 0 Å². The Labute approximate surface area is 136 Å². The predicted molar refractivity (Wildman–Crippen MR) is 88.0 cm³/mol. The van der Waals surface area contributed by atoms with Gasteiger partial charge in [0.25, 0.3) is 6.29 Å². The van der Waals surface area contributed by atoms with Gasteiger partial charge in [0, 0.05) is 6.42 Å². The van der Waals surface area contributed by atoms with Crippen LogP contribution in [0, 0.1) is 0 Å². The molecule has 1 aromatic rings. The van der Waals surface area contributed by atoms with Crippen molar-refractivity contribution >= 4 is 24.2 Å². The molecule has 1 rings (SSSR count). The van der Waals surface area contributed by atoms with Crippen LogP contribution in [-0.2, 0) is 19.1 Å². The molecule has 23 heavy (non-hydrogen) atoms. The quantitative estimate of drug-likeness (QED) is 0.598. The van der Waals surface area contributed by atoms with E-state index >= 15 is 0 Å². The number of carbonyl (C=O) groups is 2. The molecule has 0 aliphatic carbocycles. The van der Waals surface area contributed by atoms with E-state index in [1.807, 2.05) is 18.2 Å². The third-order valence-electron chi connectivity index (χ3n) is 2.81. The van der Waals surface area contributed by atoms with E-state index in [2.05, 4.69) is 0 Å². The Morgan fingerprint density at radius 3 is 2.30 bits per heavy atom. The fourth-order valence-electron chi connectivity index (χ4n) is 1.87. The maximum Gasteiger partial charge on any atom is 0.326 e. The van der Waals surface area contributed by atoms with E-state index < -0.39 is 11.6 Å². The molecule has 0 aliphatic rings. The highest BCUT2D eigenvalue weighted by molar-refractivity contribution is 5.92. The van der Waals surface area contributed by atoms with E-state index in [1.54, 1.807) is 46.1 Å². The first kappa shape index (κ1) is 18.6. The van der Waals surface area contributed by atoms with E-state index in [0.717, 1.165) is 10.5 Å². The van der Waals surface area contributed by atoms with Gasteiger partial charge < -0.3 is 4.74 Å². The molecule has 0 spiro atoms. The summed E-state index contributed by atoms with van der Waals surface area (Å²) in [4.78, 5) is 36.5. The minimum atomic E-state index is -0.660. The molecule has 0 fully saturated rings. The number of hydrogen-bond donors (Lipinski definition) is 0. The molecule has 123 valence electrons. The normalized spacial score (nSPS) is 11.7. The molecule has 0 aliphatic heterocycles. The lowest BCUT2D eigenvalue weighted by Crippen LogP contribution is -2.38. The van der Waals surface area contributed by atoms with E-state index in [-0.39, 0.29) is 24.6 Å². The van der Waals surface area contributed by atoms with Crippen molar-refractivity contribution in [3.8, 4) is 0 Å². The Hall–Kier alpha value is -2.43. The highest BCUT2D eigenvalue weighted by Gasteiger charge is 2.24. The number of amides is 1. The topological polar surface area (TPSA) is 63.7 Å². The second-order valence-electron chi connectivity index (χ2n) is 5.96. The molecule has 0 aromatic heterocycles. The molecule has 0 atom stereocenters. The van der Waals surface area contributed by atoms with Crippen LogP contribution in [-0.4, -0.2) is 35.2 Å². The van der Waals surface area contributed by atoms with Gasteiger partial charge in [-0.25, -0.2) is 0 Å². The fourth-order valence-corrected chi connectivity index (χ4v) is 1.87. The number of allylic oxidation sites excluding steroid dienone is 1. The van der Waals surface area contributed by atoms with Gasteiger partial charge in [-0.2, -0.15) is 0 Å². The summed E-state index contributed by atoms with van der Waals surface area (Å²) in [7, 11) is 0. The van der Waals surface area contributed by atoms with Crippen LogP contribution in [0.5, 0.6) is 0 Å². The summed E-state index contributed by atoms with van der Waals surface area (Å²) >= 11 is 0. The highest BCUT2D eigenvalue weighted by atomic mass is 16.6. The molecular formula is C18H22NO4. The summed E-state index contributed by atoms with van der Waals surface area (Å²) in [6, 6.07) is 9.05. The van der Waals surface area contributed by atoms with Crippen molar-refractivity contribution in [3.05, 3.63) is 41.6 Å². The Kier molecular flexibility index (Phi) is 6.69. The number of hydrogen-bond acceptors (Lipinski definition) is 4. The van der Waals surface area contributed by atoms with Gasteiger partial charge in [-0.05, 0) is 32.4 Å². The summed E-state index contributed by atoms with van der Waals surface area (Å²) in [5.74, 6) is -0.921. The Morgan fingerprint density at radius 2 is 1.83 bits per heavy atom. The minimum Gasteiger partial charge on any atom is -0.459 e. The first-order valence-corrected chi connectivity index (χ1v) is 7.44. The summed E-state index contributed by atoms with van der Waals surface area (Å²) in [6.07, 6.45) is 3.42. The molecule has 1 amide bonds. The lowest BCUT2D eigenvalue weighted by Gasteiger charge is -2.24. The third kappa shape index (κ3) is 6.46. The van der Waals surface area contributed by atoms with Gasteiger partial charge in [0.1, 0.15) is 12.1 Å². The van der Waals surface area contributed by atoms with E-state index in [0.29, 0.717) is 0 Å². The first-order chi connectivity index (χ1) is 10.8. The zero-order chi connectivity index (χ0) is 17.5. The molecule has 0 heterocycles. The lowest BCUT2D eigenvalue weighted by atomic mass is 10.2. The average molecular weight is 316 g/mol. The lowest BCUT2D eigenvalue weighted by molar-refractivity contribution is -0.157. The van der Waals surface area contributed by atoms with E-state index in [1.165, 1.54) is 6.08 Å². The van der Waals surface area contributed by atoms with Crippen molar-refractivity contribution in [2.24, 2.45) is 0 Å². The van der Waals surface area contributed by atoms with Gasteiger partial charge >= 0.3 is 5.97 Å². The zero-order valence-corrected chi connectivity index (χ0v) is 14.0. The summed E-state index contributed by atoms with van der Waals surface area (Å²) in [5, 5.41) is 0. The second kappa shape index (κ2) is 8.27. The van der Waals surface area contributed by atoms with Crippen molar-refractivity contribution < 1.29 is 19.1 Å². The van der Waals surface area contributed by atoms with Crippen molar-refractivity contribution in [2.45, 2.75) is 39.7 Å². The summed E-state index contributed by atoms with van der Waals surface area (Å²) < 4.78 is 5.22. The molecule has 5 nitrogen and oxygen atoms in total. The zero-order valence-electron chi connectivity index (χ0n) is 14.0. The number of benzene rings is 1. The highest BCUT2D eigenvalue weighted by Crippen LogP contribution is 2.13. The van der Waals surface area contributed by atoms with E-state index in [9.17, 15) is 14.4 Å². The predicted octanol–water partition coefficient (Wildman–Crippen LogP) is 2.72. The van der Waals surface area contributed by atoms with Gasteiger partial charge in [0.2, 0.25) is 5.91 Å². The van der Waals surface area contributed by atoms with Gasteiger partial charge in [-0.1, -0.05) is 37.3 Å². The molecular weight excluding hydrogens is 294 g/mol. The largest absolute Gasteiger partial charge is 0.459 e. The summed E-state index contributed by atoms with van der Waals surface area (Å²) in [6.45, 7) is 6.56. The molecule has 1 aromatic carbocycles. The van der Waals surface area contributed by atoms with Crippen molar-refractivity contribution in [1.82, 2.24) is 4.90 Å². The maximum atomic E-state index is 12.1. The standard InChI is InChI=1S/C18H22NO4/c1-5-16(21)19(12-17(22)23-18(2,3)4)15(13-20)11-14-9-7-6-8-10-14/h6-11H,5,12H2,1-4H3. The average Bonchev–Trinajstić information content (AvgIpc) is 2.49. The first-order valence-electron chi connectivity index (χ1n) is 7.44. The Bertz CT molecular complexity index is 585. The van der Waals surface area contributed by atoms with Crippen LogP contribution in [0.15, 0.2) is 36.0 Å². The number of esters is 1. The van der Waals surface area contributed by atoms with Crippen molar-refractivity contribution in [1.29, 1.82) is 0 Å². The molecule has 1 radical (unpaired) electrons. The van der Waals surface area contributed by atoms with Crippen LogP contribution in [0.4, 0.5) is 0 Å². The van der Waals surface area contributed by atoms with Crippen LogP contribution in [0.1, 0.15) is 39.7 Å². The van der Waals surface area contributed by atoms with Crippen molar-refractivity contribution in [2.75, 3.05) is 6.54 Å². The van der Waals surface area contributed by atoms with Crippen molar-refractivity contribution in [3.63, 3.8) is 0 Å². The molecule has 0 unspecified atom stereocenters. The number of rotatable bonds is 6. The minimum absolute atomic E-state index is 0.00825. The Balaban J connectivity index is 3.04. The molecule has 5 heteroatoms. The molecule has 0 saturated carbocycles. The van der Waals surface area contributed by atoms with Crippen LogP contribution in [0.25, 0.3) is 6.08 Å². The van der Waals surface area contributed by atoms with Crippen LogP contribution in [0.2, 0.25) is 0 Å². The smallest absolute Gasteiger partial charge is 0.326 e. The fraction of sp³-hybridized carbons (Fsp3) is 0.389. The monoisotopic (exact) mass is 316 g/mol. The molecule has 0 bridgehead atoms. The van der Waals surface area contributed by atoms with Gasteiger partial charge in [-0.3, -0.25) is 19.3 Å². The molecule has 0 saturated heterocycles. The molecule has 0 N–H and O–H groups in total. The number of nitrogens with zero attached hydrogens (tertiary/aromatic N) is 1. The second-order valence-corrected chi connectivity index (χ2v) is 5.96. The number of carbonyl (C=O) groups excluding carboxylic acids is 3. The van der Waals surface area contributed by atoms with Gasteiger partial charge in [0.05, 0.1) is 5.70 Å². The number of ether oxygens (including phenoxy) is 1. The SMILES string of the molecule is CCC(=O)N(CC(=O)OC(C)(C)C)C([C]=O)=Cc1ccccc1. The van der Waals surface area contributed by atoms with Crippen LogP contribution in [0.3, 0.4) is 0 Å². The Morgan fingerprint density at radius 1 is 1.22 bits per heavy atom. The van der Waals surface area contributed by atoms with Gasteiger partial charge in [-0.15, -0.1) is 0 Å². The van der Waals surface area contributed by atoms with E-state index in [4.69, 9.17) is 4.74 Å². The van der Waals surface area contributed by atoms with Crippen LogP contribution >= 0.6 is 0 Å². The summed E-state index contributed by atoms with van der Waals surface area (Å²) in [5.41, 5.74) is 0.0875.